The zero-order chi connectivity index (χ0) is 17.9. The highest BCUT2D eigenvalue weighted by Crippen LogP contribution is 2.18. The second kappa shape index (κ2) is 11.0. The fourth-order valence-electron chi connectivity index (χ4n) is 3.08. The number of hydrogen-bond donors (Lipinski definition) is 1. The number of nitrogens with zero attached hydrogens (tertiary/aromatic N) is 1. The molecule has 0 saturated carbocycles. The van der Waals surface area contributed by atoms with Gasteiger partial charge in [-0.3, -0.25) is 10.2 Å². The van der Waals surface area contributed by atoms with Crippen molar-refractivity contribution in [2.45, 2.75) is 58.5 Å². The highest BCUT2D eigenvalue weighted by atomic mass is 16.6. The molecule has 1 atom stereocenters. The Kier molecular flexibility index (Phi) is 8.60. The van der Waals surface area contributed by atoms with E-state index < -0.39 is 6.09 Å². The molecule has 1 fully saturated rings. The van der Waals surface area contributed by atoms with E-state index in [2.05, 4.69) is 17.1 Å². The number of carbonyl (C=O) groups excluding carboxylic acids is 1. The van der Waals surface area contributed by atoms with Crippen molar-refractivity contribution < 1.29 is 14.3 Å². The summed E-state index contributed by atoms with van der Waals surface area (Å²) in [7, 11) is 0. The second-order valence-electron chi connectivity index (χ2n) is 6.79. The predicted octanol–water partition coefficient (Wildman–Crippen LogP) is 4.68. The summed E-state index contributed by atoms with van der Waals surface area (Å²) in [5, 5.41) is 2.79. The minimum Gasteiger partial charge on any atom is -0.494 e. The van der Waals surface area contributed by atoms with Gasteiger partial charge in [-0.25, -0.2) is 4.79 Å². The molecule has 5 heteroatoms. The van der Waals surface area contributed by atoms with Gasteiger partial charge < -0.3 is 9.47 Å². The van der Waals surface area contributed by atoms with E-state index in [4.69, 9.17) is 9.47 Å². The number of anilines is 1. The first-order chi connectivity index (χ1) is 12.2. The molecule has 1 aliphatic heterocycles. The second-order valence-corrected chi connectivity index (χ2v) is 6.79. The molecule has 1 aromatic rings. The van der Waals surface area contributed by atoms with Gasteiger partial charge in [0.15, 0.2) is 0 Å². The van der Waals surface area contributed by atoms with Gasteiger partial charge in [0.25, 0.3) is 0 Å². The number of benzene rings is 1. The Morgan fingerprint density at radius 2 is 2.04 bits per heavy atom. The number of likely N-dealkylation sites (tertiary alicyclic amines) is 1. The quantitative estimate of drug-likeness (QED) is 0.658. The van der Waals surface area contributed by atoms with Crippen molar-refractivity contribution in [3.63, 3.8) is 0 Å². The van der Waals surface area contributed by atoms with Crippen LogP contribution in [-0.2, 0) is 4.74 Å². The number of rotatable bonds is 9. The fourth-order valence-corrected chi connectivity index (χ4v) is 3.08. The molecule has 0 unspecified atom stereocenters. The summed E-state index contributed by atoms with van der Waals surface area (Å²) in [4.78, 5) is 14.4. The Hall–Kier alpha value is -1.75. The summed E-state index contributed by atoms with van der Waals surface area (Å²) in [6.07, 6.45) is 6.64. The van der Waals surface area contributed by atoms with Crippen LogP contribution in [0.3, 0.4) is 0 Å². The van der Waals surface area contributed by atoms with E-state index in [9.17, 15) is 4.79 Å². The number of nitrogens with one attached hydrogen (secondary N) is 1. The van der Waals surface area contributed by atoms with Gasteiger partial charge in [-0.2, -0.15) is 0 Å². The number of unbranched alkanes of at least 4 members (excludes halogenated alkanes) is 2. The van der Waals surface area contributed by atoms with Gasteiger partial charge in [-0.05, 0) is 51.4 Å². The maximum atomic E-state index is 12.1. The Bertz CT molecular complexity index is 515. The van der Waals surface area contributed by atoms with Crippen molar-refractivity contribution in [2.75, 3.05) is 31.6 Å². The summed E-state index contributed by atoms with van der Waals surface area (Å²) in [5.41, 5.74) is 0.697. The van der Waals surface area contributed by atoms with Gasteiger partial charge in [0, 0.05) is 18.3 Å². The summed E-state index contributed by atoms with van der Waals surface area (Å²) in [6.45, 7) is 7.83. The van der Waals surface area contributed by atoms with Crippen molar-refractivity contribution in [1.29, 1.82) is 0 Å². The molecule has 2 rings (SSSR count). The number of piperidine rings is 1. The first-order valence-electron chi connectivity index (χ1n) is 9.60. The average Bonchev–Trinajstić information content (AvgIpc) is 2.59. The molecule has 25 heavy (non-hydrogen) atoms. The molecule has 1 aromatic carbocycles. The zero-order valence-electron chi connectivity index (χ0n) is 15.6. The number of hydrogen-bond acceptors (Lipinski definition) is 4. The van der Waals surface area contributed by atoms with Crippen LogP contribution in [0.4, 0.5) is 10.5 Å². The third-order valence-corrected chi connectivity index (χ3v) is 4.37. The molecule has 1 saturated heterocycles. The predicted molar refractivity (Wildman–Crippen MR) is 101 cm³/mol. The molecule has 0 aromatic heterocycles. The fraction of sp³-hybridized carbons (Fsp3) is 0.650. The minimum atomic E-state index is -0.410. The van der Waals surface area contributed by atoms with Crippen LogP contribution in [0.2, 0.25) is 0 Å². The highest BCUT2D eigenvalue weighted by Gasteiger charge is 2.16. The molecule has 140 valence electrons. The Balaban J connectivity index is 1.73. The van der Waals surface area contributed by atoms with E-state index >= 15 is 0 Å². The first-order valence-corrected chi connectivity index (χ1v) is 9.60. The topological polar surface area (TPSA) is 50.8 Å². The summed E-state index contributed by atoms with van der Waals surface area (Å²) < 4.78 is 11.2. The third kappa shape index (κ3) is 7.78. The van der Waals surface area contributed by atoms with E-state index in [1.165, 1.54) is 32.1 Å². The molecule has 1 heterocycles. The van der Waals surface area contributed by atoms with Crippen LogP contribution < -0.4 is 10.1 Å². The van der Waals surface area contributed by atoms with Gasteiger partial charge in [0.1, 0.15) is 11.9 Å². The maximum Gasteiger partial charge on any atom is 0.411 e. The van der Waals surface area contributed by atoms with Gasteiger partial charge in [-0.1, -0.05) is 32.3 Å². The van der Waals surface area contributed by atoms with Crippen molar-refractivity contribution in [3.8, 4) is 5.75 Å². The first kappa shape index (κ1) is 19.6. The van der Waals surface area contributed by atoms with Crippen molar-refractivity contribution in [3.05, 3.63) is 24.3 Å². The van der Waals surface area contributed by atoms with E-state index in [0.29, 0.717) is 12.3 Å². The Labute approximate surface area is 151 Å². The average molecular weight is 348 g/mol. The molecule has 5 nitrogen and oxygen atoms in total. The van der Waals surface area contributed by atoms with Crippen molar-refractivity contribution in [2.24, 2.45) is 0 Å². The number of carbonyl (C=O) groups is 1. The molecular weight excluding hydrogens is 316 g/mol. The van der Waals surface area contributed by atoms with Crippen molar-refractivity contribution in [1.82, 2.24) is 4.90 Å². The van der Waals surface area contributed by atoms with Crippen LogP contribution in [0.1, 0.15) is 52.4 Å². The maximum absolute atomic E-state index is 12.1. The number of ether oxygens (including phenoxy) is 2. The minimum absolute atomic E-state index is 0.119. The highest BCUT2D eigenvalue weighted by molar-refractivity contribution is 5.84. The van der Waals surface area contributed by atoms with Gasteiger partial charge in [-0.15, -0.1) is 0 Å². The van der Waals surface area contributed by atoms with Crippen LogP contribution >= 0.6 is 0 Å². The molecule has 0 aliphatic carbocycles. The zero-order valence-corrected chi connectivity index (χ0v) is 15.6. The van der Waals surface area contributed by atoms with Crippen LogP contribution in [0, 0.1) is 0 Å². The van der Waals surface area contributed by atoms with Crippen LogP contribution in [0.5, 0.6) is 5.75 Å². The van der Waals surface area contributed by atoms with E-state index in [1.54, 1.807) is 0 Å². The molecule has 0 radical (unpaired) electrons. The normalized spacial score (nSPS) is 16.2. The molecule has 1 aliphatic rings. The lowest BCUT2D eigenvalue weighted by atomic mass is 10.1. The molecule has 1 N–H and O–H groups in total. The van der Waals surface area contributed by atoms with Gasteiger partial charge in [0.2, 0.25) is 0 Å². The van der Waals surface area contributed by atoms with Crippen LogP contribution in [0.15, 0.2) is 24.3 Å². The molecule has 0 bridgehead atoms. The smallest absolute Gasteiger partial charge is 0.411 e. The monoisotopic (exact) mass is 348 g/mol. The number of amides is 1. The summed E-state index contributed by atoms with van der Waals surface area (Å²) >= 11 is 0. The lowest BCUT2D eigenvalue weighted by Gasteiger charge is -2.28. The molecule has 1 amide bonds. The lowest BCUT2D eigenvalue weighted by Crippen LogP contribution is -2.37. The van der Waals surface area contributed by atoms with E-state index in [1.807, 2.05) is 31.2 Å². The lowest BCUT2D eigenvalue weighted by molar-refractivity contribution is 0.0833. The van der Waals surface area contributed by atoms with Gasteiger partial charge in [0.05, 0.1) is 6.61 Å². The summed E-state index contributed by atoms with van der Waals surface area (Å²) in [6, 6.07) is 7.46. The SMILES string of the molecule is CCCCCOc1cccc(NC(=O)O[C@@H](C)CN2CCCCC2)c1. The van der Waals surface area contributed by atoms with E-state index in [-0.39, 0.29) is 6.10 Å². The van der Waals surface area contributed by atoms with Gasteiger partial charge >= 0.3 is 6.09 Å². The molecular formula is C20H32N2O3. The Morgan fingerprint density at radius 1 is 1.24 bits per heavy atom. The third-order valence-electron chi connectivity index (χ3n) is 4.37. The van der Waals surface area contributed by atoms with E-state index in [0.717, 1.165) is 31.8 Å². The summed E-state index contributed by atoms with van der Waals surface area (Å²) in [5.74, 6) is 0.773. The largest absolute Gasteiger partial charge is 0.494 e. The Morgan fingerprint density at radius 3 is 2.80 bits per heavy atom. The van der Waals surface area contributed by atoms with Crippen molar-refractivity contribution >= 4 is 11.8 Å². The molecule has 0 spiro atoms. The van der Waals surface area contributed by atoms with Crippen LogP contribution in [-0.4, -0.2) is 43.3 Å². The van der Waals surface area contributed by atoms with Crippen LogP contribution in [0.25, 0.3) is 0 Å². The standard InChI is InChI=1S/C20H32N2O3/c1-3-4-8-14-24-19-11-9-10-18(15-19)21-20(23)25-17(2)16-22-12-6-5-7-13-22/h9-11,15,17H,3-8,12-14,16H2,1-2H3,(H,21,23)/t17-/m0/s1.